The minimum Gasteiger partial charge on any atom is -0.506 e. The van der Waals surface area contributed by atoms with E-state index < -0.39 is 0 Å². The Morgan fingerprint density at radius 2 is 1.65 bits per heavy atom. The maximum absolute atomic E-state index is 9.79. The number of nitrogens with zero attached hydrogens (tertiary/aromatic N) is 3. The fourth-order valence-electron chi connectivity index (χ4n) is 1.68. The summed E-state index contributed by atoms with van der Waals surface area (Å²) < 4.78 is 0. The Balaban J connectivity index is 2.20. The van der Waals surface area contributed by atoms with Crippen molar-refractivity contribution in [2.45, 2.75) is 0 Å². The van der Waals surface area contributed by atoms with Gasteiger partial charge in [0, 0.05) is 0 Å². The molecule has 5 heteroatoms. The van der Waals surface area contributed by atoms with Crippen molar-refractivity contribution in [2.75, 3.05) is 0 Å². The molecule has 3 aromatic rings. The zero-order valence-corrected chi connectivity index (χ0v) is 8.91. The fraction of sp³-hybridized carbons (Fsp3) is 0. The molecule has 17 heavy (non-hydrogen) atoms. The molecule has 0 atom stereocenters. The van der Waals surface area contributed by atoms with Gasteiger partial charge in [0.1, 0.15) is 30.3 Å². The number of benzene rings is 2. The maximum atomic E-state index is 9.79. The molecule has 4 nitrogen and oxygen atoms in total. The van der Waals surface area contributed by atoms with E-state index in [1.807, 2.05) is 24.3 Å². The van der Waals surface area contributed by atoms with Crippen molar-refractivity contribution >= 4 is 24.3 Å². The molecule has 80 valence electrons. The highest BCUT2D eigenvalue weighted by Crippen LogP contribution is 2.19. The van der Waals surface area contributed by atoms with Crippen molar-refractivity contribution in [3.05, 3.63) is 42.5 Å². The third-order valence-electron chi connectivity index (χ3n) is 2.50. The van der Waals surface area contributed by atoms with E-state index in [0.717, 1.165) is 11.0 Å². The van der Waals surface area contributed by atoms with Crippen LogP contribution >= 0.6 is 0 Å². The highest BCUT2D eigenvalue weighted by Gasteiger charge is 2.07. The van der Waals surface area contributed by atoms with E-state index in [2.05, 4.69) is 10.2 Å². The predicted molar refractivity (Wildman–Crippen MR) is 65.9 cm³/mol. The topological polar surface area (TPSA) is 50.9 Å². The summed E-state index contributed by atoms with van der Waals surface area (Å²) >= 11 is 0. The zero-order chi connectivity index (χ0) is 11.8. The second kappa shape index (κ2) is 3.62. The van der Waals surface area contributed by atoms with Crippen LogP contribution in [0.25, 0.3) is 16.7 Å². The molecule has 0 amide bonds. The van der Waals surface area contributed by atoms with Gasteiger partial charge in [0.15, 0.2) is 0 Å². The Hall–Kier alpha value is -2.30. The number of aromatic nitrogens is 3. The van der Waals surface area contributed by atoms with Gasteiger partial charge < -0.3 is 5.11 Å². The van der Waals surface area contributed by atoms with Gasteiger partial charge in [-0.2, -0.15) is 0 Å². The van der Waals surface area contributed by atoms with E-state index in [4.69, 9.17) is 7.85 Å². The highest BCUT2D eigenvalue weighted by atomic mass is 16.3. The van der Waals surface area contributed by atoms with Crippen LogP contribution in [0.1, 0.15) is 0 Å². The van der Waals surface area contributed by atoms with Crippen LogP contribution in [0.5, 0.6) is 5.75 Å². The summed E-state index contributed by atoms with van der Waals surface area (Å²) in [4.78, 5) is 1.40. The standard InChI is InChI=1S/C12H8BN3O/c13-8-5-6-11(12(17)7-8)16-14-9-3-1-2-4-10(9)15-16/h1-7,17H. The third kappa shape index (κ3) is 1.65. The summed E-state index contributed by atoms with van der Waals surface area (Å²) in [5, 5.41) is 18.3. The van der Waals surface area contributed by atoms with E-state index >= 15 is 0 Å². The molecule has 1 N–H and O–H groups in total. The first kappa shape index (κ1) is 9.90. The fourth-order valence-corrected chi connectivity index (χ4v) is 1.68. The van der Waals surface area contributed by atoms with E-state index in [1.54, 1.807) is 12.1 Å². The van der Waals surface area contributed by atoms with Crippen LogP contribution in [0.3, 0.4) is 0 Å². The van der Waals surface area contributed by atoms with Gasteiger partial charge >= 0.3 is 0 Å². The smallest absolute Gasteiger partial charge is 0.142 e. The SMILES string of the molecule is [B]c1ccc(-n2nc3ccccc3n2)c(O)c1. The van der Waals surface area contributed by atoms with Crippen molar-refractivity contribution in [2.24, 2.45) is 0 Å². The van der Waals surface area contributed by atoms with Crippen LogP contribution in [0.4, 0.5) is 0 Å². The van der Waals surface area contributed by atoms with Crippen molar-refractivity contribution in [3.63, 3.8) is 0 Å². The molecular formula is C12H8BN3O. The van der Waals surface area contributed by atoms with Gasteiger partial charge in [0.25, 0.3) is 0 Å². The second-order valence-electron chi connectivity index (χ2n) is 3.73. The zero-order valence-electron chi connectivity index (χ0n) is 8.91. The molecule has 0 spiro atoms. The lowest BCUT2D eigenvalue weighted by Crippen LogP contribution is -2.05. The first-order valence-corrected chi connectivity index (χ1v) is 5.15. The number of aromatic hydroxyl groups is 1. The van der Waals surface area contributed by atoms with Gasteiger partial charge in [0.2, 0.25) is 0 Å². The molecule has 2 aromatic carbocycles. The average molecular weight is 221 g/mol. The minimum atomic E-state index is 0.0605. The van der Waals surface area contributed by atoms with E-state index in [1.165, 1.54) is 10.9 Å². The first-order valence-electron chi connectivity index (χ1n) is 5.15. The van der Waals surface area contributed by atoms with Gasteiger partial charge in [-0.25, -0.2) is 0 Å². The lowest BCUT2D eigenvalue weighted by molar-refractivity contribution is 0.468. The molecule has 0 fully saturated rings. The normalized spacial score (nSPS) is 10.8. The Kier molecular flexibility index (Phi) is 2.11. The van der Waals surface area contributed by atoms with Gasteiger partial charge in [-0.05, 0) is 24.3 Å². The molecule has 2 radical (unpaired) electrons. The monoisotopic (exact) mass is 221 g/mol. The summed E-state index contributed by atoms with van der Waals surface area (Å²) in [6.07, 6.45) is 0. The molecule has 0 aliphatic heterocycles. The number of phenolic OH excluding ortho intramolecular Hbond substituents is 1. The van der Waals surface area contributed by atoms with E-state index in [9.17, 15) is 5.11 Å². The first-order chi connectivity index (χ1) is 8.24. The van der Waals surface area contributed by atoms with Gasteiger partial charge in [-0.1, -0.05) is 23.7 Å². The predicted octanol–water partition coefficient (Wildman–Crippen LogP) is 0.920. The molecule has 1 heterocycles. The van der Waals surface area contributed by atoms with Crippen LogP contribution in [0.2, 0.25) is 0 Å². The largest absolute Gasteiger partial charge is 0.506 e. The van der Waals surface area contributed by atoms with Gasteiger partial charge in [0.05, 0.1) is 0 Å². The maximum Gasteiger partial charge on any atom is 0.142 e. The van der Waals surface area contributed by atoms with Crippen LogP contribution in [-0.4, -0.2) is 27.9 Å². The van der Waals surface area contributed by atoms with E-state index in [0.29, 0.717) is 11.2 Å². The highest BCUT2D eigenvalue weighted by molar-refractivity contribution is 6.32. The summed E-state index contributed by atoms with van der Waals surface area (Å²) in [7, 11) is 5.57. The molecule has 3 rings (SSSR count). The summed E-state index contributed by atoms with van der Waals surface area (Å²) in [6.45, 7) is 0. The molecule has 0 aliphatic rings. The molecule has 1 aromatic heterocycles. The number of phenols is 1. The molecule has 0 unspecified atom stereocenters. The number of fused-ring (bicyclic) bond motifs is 1. The van der Waals surface area contributed by atoms with Gasteiger partial charge in [-0.3, -0.25) is 0 Å². The van der Waals surface area contributed by atoms with Crippen molar-refractivity contribution in [1.29, 1.82) is 0 Å². The molecular weight excluding hydrogens is 213 g/mol. The molecule has 0 aliphatic carbocycles. The van der Waals surface area contributed by atoms with Gasteiger partial charge in [-0.15, -0.1) is 15.0 Å². The lowest BCUT2D eigenvalue weighted by Gasteiger charge is -2.03. The number of rotatable bonds is 1. The van der Waals surface area contributed by atoms with Crippen molar-refractivity contribution in [3.8, 4) is 11.4 Å². The Bertz CT molecular complexity index is 660. The quantitative estimate of drug-likeness (QED) is 0.621. The minimum absolute atomic E-state index is 0.0605. The van der Waals surface area contributed by atoms with Crippen LogP contribution in [0, 0.1) is 0 Å². The Morgan fingerprint density at radius 3 is 2.24 bits per heavy atom. The Morgan fingerprint density at radius 1 is 1.00 bits per heavy atom. The van der Waals surface area contributed by atoms with Crippen LogP contribution < -0.4 is 5.46 Å². The van der Waals surface area contributed by atoms with E-state index in [-0.39, 0.29) is 5.75 Å². The van der Waals surface area contributed by atoms with Crippen molar-refractivity contribution in [1.82, 2.24) is 15.0 Å². The summed E-state index contributed by atoms with van der Waals surface area (Å²) in [5.74, 6) is 0.0605. The number of hydrogen-bond acceptors (Lipinski definition) is 3. The molecule has 0 saturated heterocycles. The summed E-state index contributed by atoms with van der Waals surface area (Å²) in [6, 6.07) is 12.4. The molecule has 0 bridgehead atoms. The van der Waals surface area contributed by atoms with Crippen molar-refractivity contribution < 1.29 is 5.11 Å². The lowest BCUT2D eigenvalue weighted by atomic mass is 9.96. The van der Waals surface area contributed by atoms with Crippen LogP contribution in [0.15, 0.2) is 42.5 Å². The Labute approximate surface area is 98.9 Å². The average Bonchev–Trinajstić information content (AvgIpc) is 2.72. The number of hydrogen-bond donors (Lipinski definition) is 1. The molecule has 0 saturated carbocycles. The second-order valence-corrected chi connectivity index (χ2v) is 3.73. The third-order valence-corrected chi connectivity index (χ3v) is 2.50. The summed E-state index contributed by atoms with van der Waals surface area (Å²) in [5.41, 5.74) is 2.57. The van der Waals surface area contributed by atoms with Crippen LogP contribution in [-0.2, 0) is 0 Å².